The third-order valence-electron chi connectivity index (χ3n) is 3.63. The van der Waals surface area contributed by atoms with Gasteiger partial charge in [0.2, 0.25) is 12.3 Å². The summed E-state index contributed by atoms with van der Waals surface area (Å²) in [5, 5.41) is 4.64. The summed E-state index contributed by atoms with van der Waals surface area (Å²) in [5.74, 6) is 0.156. The van der Waals surface area contributed by atoms with Crippen LogP contribution in [0.5, 0.6) is 5.75 Å². The summed E-state index contributed by atoms with van der Waals surface area (Å²) in [6.07, 6.45) is 1.80. The first-order valence-electron chi connectivity index (χ1n) is 7.56. The van der Waals surface area contributed by atoms with Crippen molar-refractivity contribution in [2.45, 2.75) is 6.92 Å². The Balaban J connectivity index is 1.94. The van der Waals surface area contributed by atoms with Gasteiger partial charge in [0.25, 0.3) is 0 Å². The molecular formula is C18H17N3O4. The normalized spacial score (nSPS) is 11.4. The molecule has 0 saturated heterocycles. The number of para-hydroxylation sites is 1. The molecule has 3 aromatic rings. The van der Waals surface area contributed by atoms with Crippen LogP contribution in [0, 0.1) is 0 Å². The van der Waals surface area contributed by atoms with Crippen molar-refractivity contribution >= 4 is 39.9 Å². The topological polar surface area (TPSA) is 92.6 Å². The van der Waals surface area contributed by atoms with Crippen LogP contribution in [-0.4, -0.2) is 19.4 Å². The maximum absolute atomic E-state index is 12.1. The second-order valence-corrected chi connectivity index (χ2v) is 5.35. The average Bonchev–Trinajstić information content (AvgIpc) is 2.96. The van der Waals surface area contributed by atoms with E-state index < -0.39 is 0 Å². The first-order chi connectivity index (χ1) is 12.1. The minimum absolute atomic E-state index is 0.369. The Morgan fingerprint density at radius 2 is 1.96 bits per heavy atom. The molecule has 3 rings (SSSR count). The van der Waals surface area contributed by atoms with Crippen molar-refractivity contribution in [1.82, 2.24) is 10.9 Å². The maximum atomic E-state index is 12.1. The zero-order chi connectivity index (χ0) is 17.8. The molecule has 7 heteroatoms. The lowest BCUT2D eigenvalue weighted by Gasteiger charge is -2.10. The third-order valence-corrected chi connectivity index (χ3v) is 3.63. The number of hydrazine groups is 1. The molecule has 0 aliphatic heterocycles. The molecule has 0 fully saturated rings. The van der Waals surface area contributed by atoms with Crippen LogP contribution >= 0.6 is 0 Å². The number of amides is 2. The fraction of sp³-hybridized carbons (Fsp3) is 0.111. The molecule has 0 saturated carbocycles. The first kappa shape index (κ1) is 16.4. The number of carbonyl (C=O) groups is 2. The highest BCUT2D eigenvalue weighted by Crippen LogP contribution is 2.36. The van der Waals surface area contributed by atoms with E-state index in [1.165, 1.54) is 13.2 Å². The molecule has 0 bridgehead atoms. The highest BCUT2D eigenvalue weighted by Gasteiger charge is 2.13. The predicted octanol–water partition coefficient (Wildman–Crippen LogP) is 2.69. The van der Waals surface area contributed by atoms with Gasteiger partial charge in [-0.15, -0.1) is 0 Å². The van der Waals surface area contributed by atoms with Gasteiger partial charge in [0.15, 0.2) is 0 Å². The molecular weight excluding hydrogens is 322 g/mol. The van der Waals surface area contributed by atoms with Gasteiger partial charge in [0, 0.05) is 28.6 Å². The summed E-state index contributed by atoms with van der Waals surface area (Å²) < 4.78 is 11.2. The van der Waals surface area contributed by atoms with E-state index >= 15 is 0 Å². The van der Waals surface area contributed by atoms with E-state index in [0.29, 0.717) is 29.1 Å². The number of benzene rings is 2. The standard InChI is InChI=1S/C18H17N3O4/c1-11(21-19-10-22)7-18(23)20-14-9-16-13(8-17(14)24-2)12-5-3-4-6-15(12)25-16/h3-10,21H,1-2H3,(H,19,22)(H,20,23)/b11-7-. The summed E-state index contributed by atoms with van der Waals surface area (Å²) in [4.78, 5) is 22.4. The highest BCUT2D eigenvalue weighted by molar-refractivity contribution is 6.08. The molecule has 0 atom stereocenters. The van der Waals surface area contributed by atoms with Crippen LogP contribution in [0.25, 0.3) is 21.9 Å². The molecule has 3 N–H and O–H groups in total. The summed E-state index contributed by atoms with van der Waals surface area (Å²) >= 11 is 0. The molecule has 25 heavy (non-hydrogen) atoms. The quantitative estimate of drug-likeness (QED) is 0.365. The van der Waals surface area contributed by atoms with Crippen molar-refractivity contribution in [2.24, 2.45) is 0 Å². The molecule has 2 amide bonds. The van der Waals surface area contributed by atoms with E-state index in [1.807, 2.05) is 30.3 Å². The van der Waals surface area contributed by atoms with E-state index in [2.05, 4.69) is 16.2 Å². The minimum Gasteiger partial charge on any atom is -0.495 e. The number of furan rings is 1. The number of fused-ring (bicyclic) bond motifs is 3. The smallest absolute Gasteiger partial charge is 0.250 e. The number of ether oxygens (including phenoxy) is 1. The maximum Gasteiger partial charge on any atom is 0.250 e. The van der Waals surface area contributed by atoms with Gasteiger partial charge in [-0.1, -0.05) is 18.2 Å². The molecule has 7 nitrogen and oxygen atoms in total. The van der Waals surface area contributed by atoms with E-state index in [4.69, 9.17) is 9.15 Å². The van der Waals surface area contributed by atoms with Gasteiger partial charge < -0.3 is 19.9 Å². The second kappa shape index (κ2) is 6.96. The monoisotopic (exact) mass is 339 g/mol. The zero-order valence-corrected chi connectivity index (χ0v) is 13.8. The van der Waals surface area contributed by atoms with Crippen molar-refractivity contribution < 1.29 is 18.7 Å². The number of rotatable bonds is 6. The molecule has 1 heterocycles. The highest BCUT2D eigenvalue weighted by atomic mass is 16.5. The Morgan fingerprint density at radius 1 is 1.16 bits per heavy atom. The van der Waals surface area contributed by atoms with E-state index in [1.54, 1.807) is 13.0 Å². The van der Waals surface area contributed by atoms with Gasteiger partial charge in [-0.05, 0) is 19.1 Å². The van der Waals surface area contributed by atoms with Gasteiger partial charge in [-0.3, -0.25) is 15.0 Å². The van der Waals surface area contributed by atoms with Crippen molar-refractivity contribution in [2.75, 3.05) is 12.4 Å². The SMILES string of the molecule is COc1cc2c(cc1NC(=O)/C=C(/C)NNC=O)oc1ccccc12. The average molecular weight is 339 g/mol. The van der Waals surface area contributed by atoms with Gasteiger partial charge in [-0.2, -0.15) is 0 Å². The Morgan fingerprint density at radius 3 is 2.72 bits per heavy atom. The third kappa shape index (κ3) is 3.40. The van der Waals surface area contributed by atoms with Crippen LogP contribution in [-0.2, 0) is 9.59 Å². The fourth-order valence-corrected chi connectivity index (χ4v) is 2.56. The minimum atomic E-state index is -0.369. The molecule has 2 aromatic carbocycles. The van der Waals surface area contributed by atoms with Crippen LogP contribution in [0.1, 0.15) is 6.92 Å². The van der Waals surface area contributed by atoms with E-state index in [9.17, 15) is 9.59 Å². The van der Waals surface area contributed by atoms with Crippen molar-refractivity contribution in [1.29, 1.82) is 0 Å². The number of anilines is 1. The van der Waals surface area contributed by atoms with Crippen molar-refractivity contribution in [3.63, 3.8) is 0 Å². The lowest BCUT2D eigenvalue weighted by atomic mass is 10.1. The van der Waals surface area contributed by atoms with Crippen LogP contribution in [0.3, 0.4) is 0 Å². The molecule has 0 radical (unpaired) electrons. The largest absolute Gasteiger partial charge is 0.495 e. The van der Waals surface area contributed by atoms with Gasteiger partial charge in [-0.25, -0.2) is 0 Å². The summed E-state index contributed by atoms with van der Waals surface area (Å²) in [5.41, 5.74) is 7.21. The Hall–Kier alpha value is -3.48. The van der Waals surface area contributed by atoms with E-state index in [-0.39, 0.29) is 5.91 Å². The predicted molar refractivity (Wildman–Crippen MR) is 95.0 cm³/mol. The second-order valence-electron chi connectivity index (χ2n) is 5.35. The summed E-state index contributed by atoms with van der Waals surface area (Å²) in [6.45, 7) is 1.65. The molecule has 1 aromatic heterocycles. The number of carbonyl (C=O) groups excluding carboxylic acids is 2. The lowest BCUT2D eigenvalue weighted by molar-refractivity contribution is -0.112. The van der Waals surface area contributed by atoms with Crippen LogP contribution < -0.4 is 20.9 Å². The Bertz CT molecular complexity index is 975. The van der Waals surface area contributed by atoms with Gasteiger partial charge >= 0.3 is 0 Å². The molecule has 0 aliphatic rings. The Labute approximate surface area is 143 Å². The van der Waals surface area contributed by atoms with Crippen molar-refractivity contribution in [3.8, 4) is 5.75 Å². The zero-order valence-electron chi connectivity index (χ0n) is 13.8. The number of methoxy groups -OCH3 is 1. The van der Waals surface area contributed by atoms with E-state index in [0.717, 1.165) is 16.4 Å². The van der Waals surface area contributed by atoms with Crippen LogP contribution in [0.4, 0.5) is 5.69 Å². The first-order valence-corrected chi connectivity index (χ1v) is 7.56. The van der Waals surface area contributed by atoms with Crippen LogP contribution in [0.2, 0.25) is 0 Å². The lowest BCUT2D eigenvalue weighted by Crippen LogP contribution is -2.29. The van der Waals surface area contributed by atoms with Gasteiger partial charge in [0.1, 0.15) is 16.9 Å². The van der Waals surface area contributed by atoms with Gasteiger partial charge in [0.05, 0.1) is 12.8 Å². The molecule has 0 spiro atoms. The summed E-state index contributed by atoms with van der Waals surface area (Å²) in [6, 6.07) is 11.3. The summed E-state index contributed by atoms with van der Waals surface area (Å²) in [7, 11) is 1.54. The fourth-order valence-electron chi connectivity index (χ4n) is 2.56. The molecule has 0 unspecified atom stereocenters. The number of allylic oxidation sites excluding steroid dienone is 1. The van der Waals surface area contributed by atoms with Crippen molar-refractivity contribution in [3.05, 3.63) is 48.2 Å². The molecule has 0 aliphatic carbocycles. The molecule has 128 valence electrons. The Kier molecular flexibility index (Phi) is 4.56. The number of nitrogens with one attached hydrogen (secondary N) is 3. The number of hydrogen-bond donors (Lipinski definition) is 3. The van der Waals surface area contributed by atoms with Crippen LogP contribution in [0.15, 0.2) is 52.6 Å². The number of hydrogen-bond acceptors (Lipinski definition) is 5.